The van der Waals surface area contributed by atoms with Gasteiger partial charge in [0.1, 0.15) is 0 Å². The van der Waals surface area contributed by atoms with Gasteiger partial charge in [-0.05, 0) is 62.4 Å². The Morgan fingerprint density at radius 1 is 1.08 bits per heavy atom. The molecule has 3 fully saturated rings. The van der Waals surface area contributed by atoms with Gasteiger partial charge in [-0.3, -0.25) is 0 Å². The number of aryl methyl sites for hydroxylation is 1. The van der Waals surface area contributed by atoms with Crippen LogP contribution in [0.2, 0.25) is 0 Å². The van der Waals surface area contributed by atoms with Crippen LogP contribution in [-0.4, -0.2) is 55.0 Å². The summed E-state index contributed by atoms with van der Waals surface area (Å²) in [6, 6.07) is 7.60. The van der Waals surface area contributed by atoms with Crippen molar-refractivity contribution in [1.82, 2.24) is 14.5 Å². The number of rotatable bonds is 3. The summed E-state index contributed by atoms with van der Waals surface area (Å²) >= 11 is 5.61. The summed E-state index contributed by atoms with van der Waals surface area (Å²) in [5, 5.41) is 4.36. The number of nitrogens with one attached hydrogen (secondary N) is 1. The molecule has 0 radical (unpaired) electrons. The first-order chi connectivity index (χ1) is 12.4. The zero-order valence-electron chi connectivity index (χ0n) is 15.2. The van der Waals surface area contributed by atoms with E-state index in [1.165, 1.54) is 25.7 Å². The van der Waals surface area contributed by atoms with Crippen molar-refractivity contribution in [3.63, 3.8) is 0 Å². The van der Waals surface area contributed by atoms with Gasteiger partial charge in [0.05, 0.1) is 4.90 Å². The highest BCUT2D eigenvalue weighted by atomic mass is 32.2. The Labute approximate surface area is 161 Å². The molecule has 3 atom stereocenters. The minimum absolute atomic E-state index is 0.374. The number of benzene rings is 1. The summed E-state index contributed by atoms with van der Waals surface area (Å²) in [7, 11) is -3.41. The molecule has 1 saturated heterocycles. The van der Waals surface area contributed by atoms with Gasteiger partial charge in [-0.25, -0.2) is 8.42 Å². The third-order valence-electron chi connectivity index (χ3n) is 6.23. The molecule has 2 bridgehead atoms. The maximum atomic E-state index is 12.8. The number of hydrogen-bond acceptors (Lipinski definition) is 3. The number of nitrogens with zero attached hydrogens (tertiary/aromatic N) is 2. The molecule has 2 aliphatic carbocycles. The lowest BCUT2D eigenvalue weighted by molar-refractivity contribution is 0.258. The molecule has 4 rings (SSSR count). The molecule has 0 amide bonds. The normalized spacial score (nSPS) is 29.1. The number of thiocarbonyl (C=S) groups is 1. The summed E-state index contributed by atoms with van der Waals surface area (Å²) in [6.07, 6.45) is 5.30. The van der Waals surface area contributed by atoms with Gasteiger partial charge >= 0.3 is 0 Å². The van der Waals surface area contributed by atoms with Crippen LogP contribution < -0.4 is 5.32 Å². The predicted molar refractivity (Wildman–Crippen MR) is 106 cm³/mol. The van der Waals surface area contributed by atoms with Crippen molar-refractivity contribution >= 4 is 27.4 Å². The maximum Gasteiger partial charge on any atom is 0.243 e. The zero-order valence-corrected chi connectivity index (χ0v) is 16.9. The third-order valence-corrected chi connectivity index (χ3v) is 8.52. The zero-order chi connectivity index (χ0) is 18.3. The second kappa shape index (κ2) is 7.09. The Balaban J connectivity index is 1.33. The van der Waals surface area contributed by atoms with Crippen LogP contribution in [0.1, 0.15) is 31.2 Å². The molecule has 1 aromatic carbocycles. The van der Waals surface area contributed by atoms with Crippen molar-refractivity contribution in [3.8, 4) is 0 Å². The van der Waals surface area contributed by atoms with Gasteiger partial charge in [0.25, 0.3) is 0 Å². The van der Waals surface area contributed by atoms with Gasteiger partial charge in [-0.1, -0.05) is 24.1 Å². The fourth-order valence-electron chi connectivity index (χ4n) is 4.66. The summed E-state index contributed by atoms with van der Waals surface area (Å²) in [5.41, 5.74) is 1.06. The molecule has 1 aromatic rings. The lowest BCUT2D eigenvalue weighted by Gasteiger charge is -2.37. The Morgan fingerprint density at radius 3 is 2.35 bits per heavy atom. The average molecular weight is 394 g/mol. The van der Waals surface area contributed by atoms with E-state index in [-0.39, 0.29) is 0 Å². The molecule has 3 aliphatic rings. The topological polar surface area (TPSA) is 52.7 Å². The largest absolute Gasteiger partial charge is 0.360 e. The van der Waals surface area contributed by atoms with E-state index in [2.05, 4.69) is 10.2 Å². The molecule has 26 heavy (non-hydrogen) atoms. The van der Waals surface area contributed by atoms with Crippen LogP contribution in [0.4, 0.5) is 0 Å². The lowest BCUT2D eigenvalue weighted by atomic mass is 9.95. The molecule has 0 aromatic heterocycles. The maximum absolute atomic E-state index is 12.8. The second-order valence-corrected chi connectivity index (χ2v) is 10.3. The average Bonchev–Trinajstić information content (AvgIpc) is 3.25. The fourth-order valence-corrected chi connectivity index (χ4v) is 6.42. The summed E-state index contributed by atoms with van der Waals surface area (Å²) < 4.78 is 27.2. The van der Waals surface area contributed by atoms with Crippen molar-refractivity contribution in [1.29, 1.82) is 0 Å². The second-order valence-electron chi connectivity index (χ2n) is 7.94. The molecule has 142 valence electrons. The standard InChI is InChI=1S/C19H27N3O2S2/c1-14-2-6-17(7-3-14)26(23,24)22-10-8-21(9-11-22)19(25)20-18-13-15-4-5-16(18)12-15/h2-3,6-7,15-16,18H,4-5,8-13H2,1H3,(H,20,25)/t15-,16-,18+/m1/s1. The van der Waals surface area contributed by atoms with Gasteiger partial charge in [0.15, 0.2) is 5.11 Å². The quantitative estimate of drug-likeness (QED) is 0.799. The number of hydrogen-bond donors (Lipinski definition) is 1. The smallest absolute Gasteiger partial charge is 0.243 e. The molecular formula is C19H27N3O2S2. The Hall–Kier alpha value is -1.18. The van der Waals surface area contributed by atoms with Crippen molar-refractivity contribution in [3.05, 3.63) is 29.8 Å². The van der Waals surface area contributed by atoms with E-state index in [0.717, 1.165) is 22.5 Å². The number of fused-ring (bicyclic) bond motifs is 2. The molecule has 2 saturated carbocycles. The van der Waals surface area contributed by atoms with Crippen molar-refractivity contribution in [2.24, 2.45) is 11.8 Å². The first-order valence-electron chi connectivity index (χ1n) is 9.56. The first-order valence-corrected chi connectivity index (χ1v) is 11.4. The van der Waals surface area contributed by atoms with Crippen LogP contribution >= 0.6 is 12.2 Å². The summed E-state index contributed by atoms with van der Waals surface area (Å²) in [6.45, 7) is 4.22. The number of sulfonamides is 1. The van der Waals surface area contributed by atoms with Crippen molar-refractivity contribution in [2.45, 2.75) is 43.5 Å². The molecule has 1 aliphatic heterocycles. The molecule has 0 spiro atoms. The highest BCUT2D eigenvalue weighted by Crippen LogP contribution is 2.44. The van der Waals surface area contributed by atoms with E-state index in [4.69, 9.17) is 12.2 Å². The summed E-state index contributed by atoms with van der Waals surface area (Å²) in [5.74, 6) is 1.66. The fraction of sp³-hybridized carbons (Fsp3) is 0.632. The van der Waals surface area contributed by atoms with E-state index in [1.54, 1.807) is 16.4 Å². The Morgan fingerprint density at radius 2 is 1.77 bits per heavy atom. The van der Waals surface area contributed by atoms with Crippen LogP contribution in [0.3, 0.4) is 0 Å². The lowest BCUT2D eigenvalue weighted by Crippen LogP contribution is -2.54. The van der Waals surface area contributed by atoms with E-state index in [0.29, 0.717) is 37.1 Å². The molecule has 1 heterocycles. The van der Waals surface area contributed by atoms with E-state index < -0.39 is 10.0 Å². The number of piperazine rings is 1. The van der Waals surface area contributed by atoms with Gasteiger partial charge in [-0.15, -0.1) is 0 Å². The van der Waals surface area contributed by atoms with Crippen LogP contribution in [0.5, 0.6) is 0 Å². The highest BCUT2D eigenvalue weighted by Gasteiger charge is 2.40. The van der Waals surface area contributed by atoms with E-state index in [9.17, 15) is 8.42 Å². The highest BCUT2D eigenvalue weighted by molar-refractivity contribution is 7.89. The minimum atomic E-state index is -3.41. The van der Waals surface area contributed by atoms with Gasteiger partial charge < -0.3 is 10.2 Å². The Bertz CT molecular complexity index is 770. The Kier molecular flexibility index (Phi) is 4.96. The van der Waals surface area contributed by atoms with Crippen LogP contribution in [0, 0.1) is 18.8 Å². The van der Waals surface area contributed by atoms with Crippen molar-refractivity contribution < 1.29 is 8.42 Å². The molecule has 0 unspecified atom stereocenters. The summed E-state index contributed by atoms with van der Waals surface area (Å²) in [4.78, 5) is 2.50. The van der Waals surface area contributed by atoms with Crippen molar-refractivity contribution in [2.75, 3.05) is 26.2 Å². The molecule has 1 N–H and O–H groups in total. The first kappa shape index (κ1) is 18.2. The van der Waals surface area contributed by atoms with E-state index in [1.807, 2.05) is 19.1 Å². The van der Waals surface area contributed by atoms with Crippen LogP contribution in [0.15, 0.2) is 29.2 Å². The predicted octanol–water partition coefficient (Wildman–Crippen LogP) is 2.36. The molecular weight excluding hydrogens is 366 g/mol. The van der Waals surface area contributed by atoms with Crippen LogP contribution in [-0.2, 0) is 10.0 Å². The third kappa shape index (κ3) is 3.49. The SMILES string of the molecule is Cc1ccc(S(=O)(=O)N2CCN(C(=S)N[C@H]3C[C@@H]4CC[C@@H]3C4)CC2)cc1. The van der Waals surface area contributed by atoms with Crippen LogP contribution in [0.25, 0.3) is 0 Å². The van der Waals surface area contributed by atoms with Gasteiger partial charge in [0.2, 0.25) is 10.0 Å². The molecule has 7 heteroatoms. The van der Waals surface area contributed by atoms with E-state index >= 15 is 0 Å². The monoisotopic (exact) mass is 393 g/mol. The molecule has 5 nitrogen and oxygen atoms in total. The van der Waals surface area contributed by atoms with Gasteiger partial charge in [-0.2, -0.15) is 4.31 Å². The minimum Gasteiger partial charge on any atom is -0.360 e. The van der Waals surface area contributed by atoms with Gasteiger partial charge in [0, 0.05) is 32.2 Å².